The lowest BCUT2D eigenvalue weighted by molar-refractivity contribution is -0.147. The predicted molar refractivity (Wildman–Crippen MR) is 128 cm³/mol. The molecule has 0 aliphatic heterocycles. The molecule has 6 nitrogen and oxygen atoms in total. The summed E-state index contributed by atoms with van der Waals surface area (Å²) in [6.07, 6.45) is 0.448. The van der Waals surface area contributed by atoms with Crippen molar-refractivity contribution < 1.29 is 23.9 Å². The van der Waals surface area contributed by atoms with E-state index in [1.165, 1.54) is 12.1 Å². The Labute approximate surface area is 197 Å². The third-order valence-electron chi connectivity index (χ3n) is 5.55. The van der Waals surface area contributed by atoms with E-state index in [2.05, 4.69) is 0 Å². The van der Waals surface area contributed by atoms with Gasteiger partial charge < -0.3 is 10.8 Å². The molecule has 0 aliphatic rings. The minimum absolute atomic E-state index is 0.175. The standard InChI is InChI=1S/C27H27FN2O4/c1-27(2,26(33)34)17-21(29)15-18-13-14-23(22(28)16-18)30(24(31)19-9-5-3-6-10-19)25(32)20-11-7-4-8-12-20/h3-14,16,21H,15,17,29H2,1-2H3,(H,33,34). The van der Waals surface area contributed by atoms with Gasteiger partial charge in [0.25, 0.3) is 11.8 Å². The van der Waals surface area contributed by atoms with Crippen LogP contribution in [0.25, 0.3) is 0 Å². The van der Waals surface area contributed by atoms with E-state index in [1.807, 2.05) is 0 Å². The van der Waals surface area contributed by atoms with Crippen molar-refractivity contribution in [2.75, 3.05) is 4.90 Å². The fourth-order valence-electron chi connectivity index (χ4n) is 3.71. The second-order valence-corrected chi connectivity index (χ2v) is 8.82. The Balaban J connectivity index is 1.93. The van der Waals surface area contributed by atoms with E-state index in [9.17, 15) is 19.5 Å². The van der Waals surface area contributed by atoms with Gasteiger partial charge in [0.15, 0.2) is 0 Å². The van der Waals surface area contributed by atoms with Crippen molar-refractivity contribution in [1.82, 2.24) is 0 Å². The summed E-state index contributed by atoms with van der Waals surface area (Å²) in [6.45, 7) is 3.17. The van der Waals surface area contributed by atoms with Crippen molar-refractivity contribution in [2.24, 2.45) is 11.1 Å². The molecule has 0 heterocycles. The van der Waals surface area contributed by atoms with Gasteiger partial charge in [-0.05, 0) is 68.7 Å². The minimum Gasteiger partial charge on any atom is -0.481 e. The van der Waals surface area contributed by atoms with Crippen molar-refractivity contribution in [3.8, 4) is 0 Å². The number of hydrogen-bond acceptors (Lipinski definition) is 4. The highest BCUT2D eigenvalue weighted by atomic mass is 19.1. The number of carboxylic acids is 1. The summed E-state index contributed by atoms with van der Waals surface area (Å²) in [6, 6.07) is 20.1. The lowest BCUT2D eigenvalue weighted by Gasteiger charge is -2.24. The molecule has 0 bridgehead atoms. The molecule has 3 rings (SSSR count). The number of carboxylic acid groups (broad SMARTS) is 1. The van der Waals surface area contributed by atoms with Crippen molar-refractivity contribution >= 4 is 23.5 Å². The summed E-state index contributed by atoms with van der Waals surface area (Å²) in [5.41, 5.74) is 5.96. The summed E-state index contributed by atoms with van der Waals surface area (Å²) >= 11 is 0. The summed E-state index contributed by atoms with van der Waals surface area (Å²) in [7, 11) is 0. The Bertz CT molecular complexity index is 1130. The van der Waals surface area contributed by atoms with Crippen LogP contribution in [-0.4, -0.2) is 28.9 Å². The first-order valence-corrected chi connectivity index (χ1v) is 10.9. The quantitative estimate of drug-likeness (QED) is 0.473. The van der Waals surface area contributed by atoms with Crippen LogP contribution in [0.15, 0.2) is 78.9 Å². The van der Waals surface area contributed by atoms with E-state index >= 15 is 4.39 Å². The van der Waals surface area contributed by atoms with Gasteiger partial charge in [0, 0.05) is 17.2 Å². The molecular formula is C27H27FN2O4. The number of nitrogens with two attached hydrogens (primary N) is 1. The lowest BCUT2D eigenvalue weighted by Crippen LogP contribution is -2.38. The second-order valence-electron chi connectivity index (χ2n) is 8.82. The zero-order valence-corrected chi connectivity index (χ0v) is 19.1. The van der Waals surface area contributed by atoms with Gasteiger partial charge in [0.1, 0.15) is 5.82 Å². The Kier molecular flexibility index (Phi) is 7.58. The van der Waals surface area contributed by atoms with E-state index in [0.29, 0.717) is 5.56 Å². The Hall–Kier alpha value is -3.84. The number of nitrogens with zero attached hydrogens (tertiary/aromatic N) is 1. The molecule has 3 aromatic rings. The van der Waals surface area contributed by atoms with Gasteiger partial charge in [-0.2, -0.15) is 0 Å². The number of halogens is 1. The van der Waals surface area contributed by atoms with Crippen molar-refractivity contribution in [2.45, 2.75) is 32.7 Å². The molecule has 176 valence electrons. The molecule has 0 radical (unpaired) electrons. The number of amides is 2. The van der Waals surface area contributed by atoms with Crippen LogP contribution in [0.1, 0.15) is 46.5 Å². The molecule has 3 aromatic carbocycles. The van der Waals surface area contributed by atoms with Gasteiger partial charge in [-0.1, -0.05) is 42.5 Å². The number of benzene rings is 3. The van der Waals surface area contributed by atoms with Crippen LogP contribution >= 0.6 is 0 Å². The molecule has 1 unspecified atom stereocenters. The van der Waals surface area contributed by atoms with Crippen molar-refractivity contribution in [3.63, 3.8) is 0 Å². The third kappa shape index (κ3) is 5.74. The molecule has 0 aliphatic carbocycles. The van der Waals surface area contributed by atoms with Crippen LogP contribution < -0.4 is 10.6 Å². The number of hydrogen-bond donors (Lipinski definition) is 2. The average molecular weight is 463 g/mol. The van der Waals surface area contributed by atoms with Crippen LogP contribution in [0.2, 0.25) is 0 Å². The highest BCUT2D eigenvalue weighted by Gasteiger charge is 2.30. The molecule has 3 N–H and O–H groups in total. The first-order valence-electron chi connectivity index (χ1n) is 10.9. The van der Waals surface area contributed by atoms with Crippen LogP contribution in [0.5, 0.6) is 0 Å². The Morgan fingerprint density at radius 1 is 0.912 bits per heavy atom. The smallest absolute Gasteiger partial charge is 0.309 e. The highest BCUT2D eigenvalue weighted by Crippen LogP contribution is 2.27. The number of imide groups is 1. The number of aliphatic carboxylic acids is 1. The molecule has 0 aromatic heterocycles. The van der Waals surface area contributed by atoms with Crippen LogP contribution in [0.3, 0.4) is 0 Å². The van der Waals surface area contributed by atoms with Gasteiger partial charge in [0.05, 0.1) is 11.1 Å². The maximum Gasteiger partial charge on any atom is 0.309 e. The first kappa shape index (κ1) is 24.8. The van der Waals surface area contributed by atoms with Gasteiger partial charge in [-0.25, -0.2) is 9.29 Å². The van der Waals surface area contributed by atoms with Gasteiger partial charge in [-0.3, -0.25) is 14.4 Å². The normalized spacial score (nSPS) is 12.1. The molecular weight excluding hydrogens is 435 g/mol. The van der Waals surface area contributed by atoms with Gasteiger partial charge in [-0.15, -0.1) is 0 Å². The van der Waals surface area contributed by atoms with E-state index < -0.39 is 35.1 Å². The molecule has 0 saturated carbocycles. The molecule has 1 atom stereocenters. The van der Waals surface area contributed by atoms with Crippen molar-refractivity contribution in [3.05, 3.63) is 101 Å². The Morgan fingerprint density at radius 2 is 1.41 bits per heavy atom. The van der Waals surface area contributed by atoms with Crippen molar-refractivity contribution in [1.29, 1.82) is 0 Å². The summed E-state index contributed by atoms with van der Waals surface area (Å²) < 4.78 is 15.3. The zero-order valence-electron chi connectivity index (χ0n) is 19.1. The Morgan fingerprint density at radius 3 is 1.85 bits per heavy atom. The minimum atomic E-state index is -1.01. The topological polar surface area (TPSA) is 101 Å². The van der Waals surface area contributed by atoms with Crippen LogP contribution in [-0.2, 0) is 11.2 Å². The van der Waals surface area contributed by atoms with E-state index in [0.717, 1.165) is 4.90 Å². The average Bonchev–Trinajstić information content (AvgIpc) is 2.81. The van der Waals surface area contributed by atoms with Crippen LogP contribution in [0.4, 0.5) is 10.1 Å². The number of anilines is 1. The zero-order chi connectivity index (χ0) is 24.9. The highest BCUT2D eigenvalue weighted by molar-refractivity contribution is 6.25. The van der Waals surface area contributed by atoms with Gasteiger partial charge in [0.2, 0.25) is 0 Å². The van der Waals surface area contributed by atoms with E-state index in [4.69, 9.17) is 5.73 Å². The molecule has 0 saturated heterocycles. The molecule has 7 heteroatoms. The predicted octanol–water partition coefficient (Wildman–Crippen LogP) is 4.68. The number of carbonyl (C=O) groups is 3. The van der Waals surface area contributed by atoms with Crippen LogP contribution in [0, 0.1) is 11.2 Å². The SMILES string of the molecule is CC(C)(CC(N)Cc1ccc(N(C(=O)c2ccccc2)C(=O)c2ccccc2)c(F)c1)C(=O)O. The summed E-state index contributed by atoms with van der Waals surface area (Å²) in [4.78, 5) is 38.7. The molecule has 34 heavy (non-hydrogen) atoms. The molecule has 2 amide bonds. The fraction of sp³-hybridized carbons (Fsp3) is 0.222. The monoisotopic (exact) mass is 462 g/mol. The van der Waals surface area contributed by atoms with E-state index in [-0.39, 0.29) is 29.7 Å². The maximum absolute atomic E-state index is 15.3. The largest absolute Gasteiger partial charge is 0.481 e. The first-order chi connectivity index (χ1) is 16.1. The second kappa shape index (κ2) is 10.4. The van der Waals surface area contributed by atoms with Gasteiger partial charge >= 0.3 is 5.97 Å². The number of rotatable bonds is 8. The number of carbonyl (C=O) groups excluding carboxylic acids is 2. The third-order valence-corrected chi connectivity index (χ3v) is 5.55. The summed E-state index contributed by atoms with van der Waals surface area (Å²) in [5, 5.41) is 9.30. The molecule has 0 fully saturated rings. The maximum atomic E-state index is 15.3. The molecule has 0 spiro atoms. The lowest BCUT2D eigenvalue weighted by atomic mass is 9.84. The van der Waals surface area contributed by atoms with E-state index in [1.54, 1.807) is 80.6 Å². The fourth-order valence-corrected chi connectivity index (χ4v) is 3.71. The summed E-state index contributed by atoms with van der Waals surface area (Å²) in [5.74, 6) is -3.02.